The van der Waals surface area contributed by atoms with Crippen LogP contribution in [0, 0.1) is 6.92 Å². The van der Waals surface area contributed by atoms with Crippen molar-refractivity contribution in [2.24, 2.45) is 0 Å². The summed E-state index contributed by atoms with van der Waals surface area (Å²) < 4.78 is 5.46. The van der Waals surface area contributed by atoms with E-state index in [-0.39, 0.29) is 5.91 Å². The molecule has 1 N–H and O–H groups in total. The van der Waals surface area contributed by atoms with Crippen molar-refractivity contribution in [3.05, 3.63) is 78.0 Å². The Bertz CT molecular complexity index is 856. The molecule has 1 fully saturated rings. The van der Waals surface area contributed by atoms with E-state index >= 15 is 0 Å². The van der Waals surface area contributed by atoms with Crippen molar-refractivity contribution in [3.8, 4) is 5.75 Å². The monoisotopic (exact) mass is 350 g/mol. The fraction of sp³-hybridized carbons (Fsp3) is 0.100. The van der Waals surface area contributed by atoms with E-state index in [4.69, 9.17) is 17.0 Å². The van der Waals surface area contributed by atoms with Crippen LogP contribution in [0.2, 0.25) is 0 Å². The maximum Gasteiger partial charge on any atom is 0.281 e. The van der Waals surface area contributed by atoms with Crippen LogP contribution in [0.3, 0.4) is 0 Å². The van der Waals surface area contributed by atoms with E-state index in [1.165, 1.54) is 4.90 Å². The van der Waals surface area contributed by atoms with Gasteiger partial charge >= 0.3 is 0 Å². The highest BCUT2D eigenvalue weighted by atomic mass is 32.1. The molecule has 0 aliphatic carbocycles. The van der Waals surface area contributed by atoms with Crippen molar-refractivity contribution >= 4 is 35.0 Å². The third-order valence-corrected chi connectivity index (χ3v) is 4.08. The van der Waals surface area contributed by atoms with Gasteiger partial charge in [-0.2, -0.15) is 0 Å². The lowest BCUT2D eigenvalue weighted by molar-refractivity contribution is -0.113. The van der Waals surface area contributed by atoms with Crippen molar-refractivity contribution in [1.29, 1.82) is 0 Å². The average Bonchev–Trinajstić information content (AvgIpc) is 2.89. The zero-order valence-corrected chi connectivity index (χ0v) is 14.7. The normalized spacial score (nSPS) is 15.4. The molecule has 1 heterocycles. The Morgan fingerprint density at radius 2 is 1.92 bits per heavy atom. The minimum Gasteiger partial charge on any atom is -0.490 e. The molecule has 1 aliphatic heterocycles. The van der Waals surface area contributed by atoms with E-state index < -0.39 is 0 Å². The molecular formula is C20H18N2O2S. The van der Waals surface area contributed by atoms with E-state index in [2.05, 4.69) is 11.9 Å². The van der Waals surface area contributed by atoms with Gasteiger partial charge in [0.25, 0.3) is 5.91 Å². The van der Waals surface area contributed by atoms with Crippen molar-refractivity contribution < 1.29 is 9.53 Å². The molecule has 0 unspecified atom stereocenters. The maximum atomic E-state index is 12.8. The number of benzene rings is 2. The highest BCUT2D eigenvalue weighted by Crippen LogP contribution is 2.25. The predicted octanol–water partition coefficient (Wildman–Crippen LogP) is 3.82. The zero-order chi connectivity index (χ0) is 17.8. The number of ether oxygens (including phenoxy) is 1. The SMILES string of the molecule is C=CCOc1ccc(/C=C2/NC(=S)N(c3ccccc3C)C2=O)cc1. The summed E-state index contributed by atoms with van der Waals surface area (Å²) in [6.45, 7) is 6.03. The van der Waals surface area contributed by atoms with Gasteiger partial charge in [-0.3, -0.25) is 9.69 Å². The van der Waals surface area contributed by atoms with E-state index in [1.54, 1.807) is 12.2 Å². The minimum atomic E-state index is -0.161. The van der Waals surface area contributed by atoms with Crippen LogP contribution in [0.1, 0.15) is 11.1 Å². The number of anilines is 1. The number of carbonyl (C=O) groups is 1. The Labute approximate surface area is 152 Å². The Balaban J connectivity index is 1.83. The second-order valence-corrected chi connectivity index (χ2v) is 5.97. The summed E-state index contributed by atoms with van der Waals surface area (Å²) in [5, 5.41) is 3.39. The third kappa shape index (κ3) is 3.61. The molecule has 25 heavy (non-hydrogen) atoms. The number of aryl methyl sites for hydroxylation is 1. The van der Waals surface area contributed by atoms with Crippen molar-refractivity contribution in [2.75, 3.05) is 11.5 Å². The summed E-state index contributed by atoms with van der Waals surface area (Å²) in [5.74, 6) is 0.594. The quantitative estimate of drug-likeness (QED) is 0.506. The maximum absolute atomic E-state index is 12.8. The number of para-hydroxylation sites is 1. The Hall–Kier alpha value is -2.92. The van der Waals surface area contributed by atoms with Crippen LogP contribution in [-0.2, 0) is 4.79 Å². The van der Waals surface area contributed by atoms with Gasteiger partial charge in [-0.05, 0) is 54.5 Å². The van der Waals surface area contributed by atoms with Crippen molar-refractivity contribution in [3.63, 3.8) is 0 Å². The van der Waals surface area contributed by atoms with Gasteiger partial charge in [0.2, 0.25) is 0 Å². The summed E-state index contributed by atoms with van der Waals surface area (Å²) in [6.07, 6.45) is 3.47. The van der Waals surface area contributed by atoms with Crippen LogP contribution in [-0.4, -0.2) is 17.6 Å². The number of hydrogen-bond acceptors (Lipinski definition) is 3. The fourth-order valence-electron chi connectivity index (χ4n) is 2.55. The molecule has 0 radical (unpaired) electrons. The second-order valence-electron chi connectivity index (χ2n) is 5.58. The van der Waals surface area contributed by atoms with E-state index in [0.717, 1.165) is 22.6 Å². The molecule has 4 nitrogen and oxygen atoms in total. The van der Waals surface area contributed by atoms with Crippen LogP contribution in [0.4, 0.5) is 5.69 Å². The molecular weight excluding hydrogens is 332 g/mol. The Morgan fingerprint density at radius 3 is 2.60 bits per heavy atom. The standard InChI is InChI=1S/C20H18N2O2S/c1-3-12-24-16-10-8-15(9-11-16)13-17-19(23)22(20(25)21-17)18-7-5-4-6-14(18)2/h3-11,13H,1,12H2,2H3,(H,21,25)/b17-13+. The van der Waals surface area contributed by atoms with Gasteiger partial charge < -0.3 is 10.1 Å². The summed E-state index contributed by atoms with van der Waals surface area (Å²) in [4.78, 5) is 14.3. The van der Waals surface area contributed by atoms with Gasteiger partial charge in [0, 0.05) is 0 Å². The van der Waals surface area contributed by atoms with Crippen molar-refractivity contribution in [1.82, 2.24) is 5.32 Å². The molecule has 0 saturated carbocycles. The Kier molecular flexibility index (Phi) is 4.95. The highest BCUT2D eigenvalue weighted by molar-refractivity contribution is 7.80. The fourth-order valence-corrected chi connectivity index (χ4v) is 2.84. The minimum absolute atomic E-state index is 0.161. The average molecular weight is 350 g/mol. The number of carbonyl (C=O) groups excluding carboxylic acids is 1. The second kappa shape index (κ2) is 7.32. The molecule has 0 bridgehead atoms. The molecule has 1 saturated heterocycles. The van der Waals surface area contributed by atoms with Crippen LogP contribution in [0.25, 0.3) is 6.08 Å². The molecule has 2 aromatic rings. The number of amides is 1. The van der Waals surface area contributed by atoms with E-state index in [0.29, 0.717) is 17.4 Å². The van der Waals surface area contributed by atoms with E-state index in [1.807, 2.05) is 55.5 Å². The number of thiocarbonyl (C=S) groups is 1. The molecule has 5 heteroatoms. The number of rotatable bonds is 5. The molecule has 126 valence electrons. The van der Waals surface area contributed by atoms with Gasteiger partial charge in [-0.1, -0.05) is 43.0 Å². The van der Waals surface area contributed by atoms with Crippen LogP contribution >= 0.6 is 12.2 Å². The van der Waals surface area contributed by atoms with Crippen molar-refractivity contribution in [2.45, 2.75) is 6.92 Å². The lowest BCUT2D eigenvalue weighted by Crippen LogP contribution is -2.30. The number of nitrogens with one attached hydrogen (secondary N) is 1. The lowest BCUT2D eigenvalue weighted by atomic mass is 10.1. The molecule has 3 rings (SSSR count). The highest BCUT2D eigenvalue weighted by Gasteiger charge is 2.32. The molecule has 1 aliphatic rings. The van der Waals surface area contributed by atoms with Gasteiger partial charge in [-0.25, -0.2) is 0 Å². The topological polar surface area (TPSA) is 41.6 Å². The van der Waals surface area contributed by atoms with Gasteiger partial charge in [0.05, 0.1) is 5.69 Å². The predicted molar refractivity (Wildman–Crippen MR) is 105 cm³/mol. The molecule has 2 aromatic carbocycles. The Morgan fingerprint density at radius 1 is 1.20 bits per heavy atom. The molecule has 1 amide bonds. The summed E-state index contributed by atoms with van der Waals surface area (Å²) in [6, 6.07) is 15.1. The number of nitrogens with zero attached hydrogens (tertiary/aromatic N) is 1. The lowest BCUT2D eigenvalue weighted by Gasteiger charge is -2.16. The largest absolute Gasteiger partial charge is 0.490 e. The van der Waals surface area contributed by atoms with Gasteiger partial charge in [0.15, 0.2) is 5.11 Å². The molecule has 0 aromatic heterocycles. The first-order valence-electron chi connectivity index (χ1n) is 7.86. The summed E-state index contributed by atoms with van der Waals surface area (Å²) in [7, 11) is 0. The first-order valence-corrected chi connectivity index (χ1v) is 8.27. The van der Waals surface area contributed by atoms with Crippen LogP contribution < -0.4 is 15.0 Å². The first kappa shape index (κ1) is 16.9. The third-order valence-electron chi connectivity index (χ3n) is 3.79. The number of hydrogen-bond donors (Lipinski definition) is 1. The molecule has 0 spiro atoms. The first-order chi connectivity index (χ1) is 12.1. The van der Waals surface area contributed by atoms with Gasteiger partial charge in [0.1, 0.15) is 18.1 Å². The van der Waals surface area contributed by atoms with Crippen LogP contribution in [0.15, 0.2) is 66.9 Å². The summed E-state index contributed by atoms with van der Waals surface area (Å²) in [5.41, 5.74) is 3.12. The smallest absolute Gasteiger partial charge is 0.281 e. The van der Waals surface area contributed by atoms with Crippen LogP contribution in [0.5, 0.6) is 5.75 Å². The summed E-state index contributed by atoms with van der Waals surface area (Å²) >= 11 is 5.34. The zero-order valence-electron chi connectivity index (χ0n) is 13.9. The molecule has 0 atom stereocenters. The van der Waals surface area contributed by atoms with Gasteiger partial charge in [-0.15, -0.1) is 0 Å². The van der Waals surface area contributed by atoms with E-state index in [9.17, 15) is 4.79 Å².